The molecule has 9 heteroatoms. The Hall–Kier alpha value is -2.17. The van der Waals surface area contributed by atoms with Crippen molar-refractivity contribution < 1.29 is 14.3 Å². The molecule has 1 unspecified atom stereocenters. The minimum Gasteiger partial charge on any atom is -0.379 e. The summed E-state index contributed by atoms with van der Waals surface area (Å²) in [5.41, 5.74) is 2.76. The van der Waals surface area contributed by atoms with Crippen molar-refractivity contribution in [2.75, 3.05) is 44.3 Å². The SMILES string of the molecule is C[C@H](c1ccc(Cl)cc1)N1C(=O)c2cc(I)ccc2N(CCN2CCOCC2)C(=O)C1c1ccc(Cl)cc1. The first-order valence-electron chi connectivity index (χ1n) is 12.6. The molecule has 2 atom stereocenters. The van der Waals surface area contributed by atoms with E-state index in [4.69, 9.17) is 27.9 Å². The van der Waals surface area contributed by atoms with Crippen LogP contribution in [0.5, 0.6) is 0 Å². The Morgan fingerprint density at radius 2 is 1.55 bits per heavy atom. The molecular formula is C29H28Cl2IN3O3. The van der Waals surface area contributed by atoms with E-state index in [0.717, 1.165) is 22.2 Å². The van der Waals surface area contributed by atoms with Crippen molar-refractivity contribution in [2.45, 2.75) is 19.0 Å². The molecule has 0 bridgehead atoms. The average Bonchev–Trinajstić information content (AvgIpc) is 3.01. The predicted octanol–water partition coefficient (Wildman–Crippen LogP) is 6.22. The van der Waals surface area contributed by atoms with Gasteiger partial charge in [0.15, 0.2) is 0 Å². The maximum atomic E-state index is 14.5. The van der Waals surface area contributed by atoms with Crippen LogP contribution in [0.2, 0.25) is 10.0 Å². The Kier molecular flexibility index (Phi) is 8.59. The van der Waals surface area contributed by atoms with Crippen molar-refractivity contribution in [3.63, 3.8) is 0 Å². The van der Waals surface area contributed by atoms with E-state index in [1.807, 2.05) is 49.4 Å². The van der Waals surface area contributed by atoms with Crippen LogP contribution in [0.15, 0.2) is 66.7 Å². The van der Waals surface area contributed by atoms with Gasteiger partial charge < -0.3 is 14.5 Å². The lowest BCUT2D eigenvalue weighted by atomic mass is 9.98. The third kappa shape index (κ3) is 5.72. The van der Waals surface area contributed by atoms with E-state index >= 15 is 0 Å². The molecule has 2 aliphatic rings. The summed E-state index contributed by atoms with van der Waals surface area (Å²) in [6, 6.07) is 19.1. The van der Waals surface area contributed by atoms with Gasteiger partial charge in [0, 0.05) is 39.8 Å². The summed E-state index contributed by atoms with van der Waals surface area (Å²) in [6.07, 6.45) is 0. The van der Waals surface area contributed by atoms with Crippen LogP contribution in [-0.4, -0.2) is 61.0 Å². The number of rotatable bonds is 6. The van der Waals surface area contributed by atoms with Crippen LogP contribution in [0.4, 0.5) is 5.69 Å². The van der Waals surface area contributed by atoms with Crippen LogP contribution < -0.4 is 4.90 Å². The van der Waals surface area contributed by atoms with Gasteiger partial charge in [0.25, 0.3) is 11.8 Å². The van der Waals surface area contributed by atoms with Gasteiger partial charge in [-0.25, -0.2) is 0 Å². The molecule has 0 radical (unpaired) electrons. The molecule has 0 saturated carbocycles. The Morgan fingerprint density at radius 3 is 2.21 bits per heavy atom. The highest BCUT2D eigenvalue weighted by Gasteiger charge is 2.43. The molecule has 0 aliphatic carbocycles. The number of hydrogen-bond donors (Lipinski definition) is 0. The standard InChI is InChI=1S/C29H28Cl2IN3O3/c1-19(20-2-6-22(30)7-3-20)35-27(21-4-8-23(31)9-5-21)29(37)34(13-12-33-14-16-38-17-15-33)26-11-10-24(32)18-25(26)28(35)36/h2-11,18-19,27H,12-17H2,1H3/t19-,27?/m1/s1. The topological polar surface area (TPSA) is 53.1 Å². The molecule has 1 saturated heterocycles. The molecule has 1 fully saturated rings. The van der Waals surface area contributed by atoms with Gasteiger partial charge in [-0.05, 0) is 83.1 Å². The van der Waals surface area contributed by atoms with E-state index in [1.54, 1.807) is 34.1 Å². The van der Waals surface area contributed by atoms with Crippen LogP contribution in [0, 0.1) is 3.57 Å². The van der Waals surface area contributed by atoms with Crippen molar-refractivity contribution in [3.8, 4) is 0 Å². The van der Waals surface area contributed by atoms with Crippen LogP contribution in [0.3, 0.4) is 0 Å². The molecule has 2 amide bonds. The summed E-state index contributed by atoms with van der Waals surface area (Å²) in [7, 11) is 0. The molecule has 0 aromatic heterocycles. The predicted molar refractivity (Wildman–Crippen MR) is 159 cm³/mol. The van der Waals surface area contributed by atoms with Crippen LogP contribution >= 0.6 is 45.8 Å². The monoisotopic (exact) mass is 663 g/mol. The fourth-order valence-electron chi connectivity index (χ4n) is 5.10. The molecule has 198 valence electrons. The second kappa shape index (κ2) is 11.9. The number of halogens is 3. The fourth-order valence-corrected chi connectivity index (χ4v) is 5.85. The van der Waals surface area contributed by atoms with Crippen LogP contribution in [0.25, 0.3) is 0 Å². The van der Waals surface area contributed by atoms with E-state index < -0.39 is 12.1 Å². The van der Waals surface area contributed by atoms with Gasteiger partial charge in [0.2, 0.25) is 0 Å². The first kappa shape index (κ1) is 27.4. The van der Waals surface area contributed by atoms with E-state index in [0.29, 0.717) is 53.2 Å². The number of nitrogens with zero attached hydrogens (tertiary/aromatic N) is 3. The molecule has 3 aromatic rings. The Bertz CT molecular complexity index is 1310. The van der Waals surface area contributed by atoms with E-state index in [2.05, 4.69) is 27.5 Å². The smallest absolute Gasteiger partial charge is 0.257 e. The van der Waals surface area contributed by atoms with Gasteiger partial charge in [-0.15, -0.1) is 0 Å². The lowest BCUT2D eigenvalue weighted by Crippen LogP contribution is -2.47. The molecule has 0 N–H and O–H groups in total. The largest absolute Gasteiger partial charge is 0.379 e. The number of amides is 2. The van der Waals surface area contributed by atoms with Crippen molar-refractivity contribution in [1.29, 1.82) is 0 Å². The molecular weight excluding hydrogens is 636 g/mol. The van der Waals surface area contributed by atoms with Crippen molar-refractivity contribution in [2.24, 2.45) is 0 Å². The normalized spacial score (nSPS) is 19.3. The summed E-state index contributed by atoms with van der Waals surface area (Å²) in [4.78, 5) is 34.7. The van der Waals surface area contributed by atoms with Gasteiger partial charge in [0.1, 0.15) is 6.04 Å². The second-order valence-corrected chi connectivity index (χ2v) is 11.6. The summed E-state index contributed by atoms with van der Waals surface area (Å²) < 4.78 is 6.43. The Labute approximate surface area is 246 Å². The summed E-state index contributed by atoms with van der Waals surface area (Å²) >= 11 is 14.6. The molecule has 2 heterocycles. The maximum absolute atomic E-state index is 14.5. The zero-order valence-electron chi connectivity index (χ0n) is 20.9. The third-order valence-electron chi connectivity index (χ3n) is 7.19. The van der Waals surface area contributed by atoms with Crippen molar-refractivity contribution in [1.82, 2.24) is 9.80 Å². The average molecular weight is 664 g/mol. The van der Waals surface area contributed by atoms with Gasteiger partial charge in [-0.2, -0.15) is 0 Å². The first-order valence-corrected chi connectivity index (χ1v) is 14.4. The number of fused-ring (bicyclic) bond motifs is 1. The quantitative estimate of drug-likeness (QED) is 0.294. The van der Waals surface area contributed by atoms with E-state index in [9.17, 15) is 9.59 Å². The number of hydrogen-bond acceptors (Lipinski definition) is 4. The number of carbonyl (C=O) groups is 2. The summed E-state index contributed by atoms with van der Waals surface area (Å²) in [6.45, 7) is 6.11. The lowest BCUT2D eigenvalue weighted by Gasteiger charge is -2.36. The highest BCUT2D eigenvalue weighted by molar-refractivity contribution is 14.1. The number of benzene rings is 3. The molecule has 3 aromatic carbocycles. The third-order valence-corrected chi connectivity index (χ3v) is 8.37. The number of carbonyl (C=O) groups excluding carboxylic acids is 2. The van der Waals surface area contributed by atoms with Gasteiger partial charge >= 0.3 is 0 Å². The molecule has 5 rings (SSSR count). The molecule has 0 spiro atoms. The Morgan fingerprint density at radius 1 is 0.921 bits per heavy atom. The minimum atomic E-state index is -0.833. The van der Waals surface area contributed by atoms with Gasteiger partial charge in [0.05, 0.1) is 30.5 Å². The maximum Gasteiger partial charge on any atom is 0.257 e. The van der Waals surface area contributed by atoms with Crippen molar-refractivity contribution in [3.05, 3.63) is 97.0 Å². The van der Waals surface area contributed by atoms with Gasteiger partial charge in [-0.3, -0.25) is 14.5 Å². The van der Waals surface area contributed by atoms with E-state index in [1.165, 1.54) is 0 Å². The number of ether oxygens (including phenoxy) is 1. The highest BCUT2D eigenvalue weighted by atomic mass is 127. The van der Waals surface area contributed by atoms with Gasteiger partial charge in [-0.1, -0.05) is 47.5 Å². The highest BCUT2D eigenvalue weighted by Crippen LogP contribution is 2.40. The lowest BCUT2D eigenvalue weighted by molar-refractivity contribution is -0.123. The zero-order valence-corrected chi connectivity index (χ0v) is 24.6. The fraction of sp³-hybridized carbons (Fsp3) is 0.310. The van der Waals surface area contributed by atoms with Crippen molar-refractivity contribution >= 4 is 63.3 Å². The number of anilines is 1. The van der Waals surface area contributed by atoms with E-state index in [-0.39, 0.29) is 11.8 Å². The zero-order chi connectivity index (χ0) is 26.8. The minimum absolute atomic E-state index is 0.144. The molecule has 38 heavy (non-hydrogen) atoms. The summed E-state index contributed by atoms with van der Waals surface area (Å²) in [5.74, 6) is -0.335. The van der Waals surface area contributed by atoms with Crippen LogP contribution in [0.1, 0.15) is 40.5 Å². The van der Waals surface area contributed by atoms with Crippen LogP contribution in [-0.2, 0) is 9.53 Å². The molecule has 6 nitrogen and oxygen atoms in total. The summed E-state index contributed by atoms with van der Waals surface area (Å²) in [5, 5.41) is 1.18. The Balaban J connectivity index is 1.62. The number of morpholine rings is 1. The second-order valence-electron chi connectivity index (χ2n) is 9.50. The first-order chi connectivity index (χ1) is 18.3. The molecule has 2 aliphatic heterocycles.